The van der Waals surface area contributed by atoms with Crippen molar-refractivity contribution < 1.29 is 13.2 Å². The molecule has 1 N–H and O–H groups in total. The number of halogens is 4. The minimum Gasteiger partial charge on any atom is -0.225 e. The van der Waals surface area contributed by atoms with Crippen molar-refractivity contribution in [2.24, 2.45) is 0 Å². The Hall–Kier alpha value is -0.740. The van der Waals surface area contributed by atoms with E-state index in [0.29, 0.717) is 0 Å². The van der Waals surface area contributed by atoms with Gasteiger partial charge in [0.15, 0.2) is 6.30 Å². The first-order valence-electron chi connectivity index (χ1n) is 4.89. The number of aryl methyl sites for hydroxylation is 2. The number of benzene rings is 1. The summed E-state index contributed by atoms with van der Waals surface area (Å²) in [7, 11) is 0. The molecule has 0 saturated carbocycles. The van der Waals surface area contributed by atoms with Gasteiger partial charge in [-0.05, 0) is 30.5 Å². The summed E-state index contributed by atoms with van der Waals surface area (Å²) in [5.41, 5.74) is 1.54. The molecule has 0 bridgehead atoms. The summed E-state index contributed by atoms with van der Waals surface area (Å²) in [4.78, 5) is 0. The lowest BCUT2D eigenvalue weighted by Crippen LogP contribution is -2.27. The van der Waals surface area contributed by atoms with Crippen LogP contribution in [-0.4, -0.2) is 0 Å². The second-order valence-electron chi connectivity index (χ2n) is 3.80. The fourth-order valence-electron chi connectivity index (χ4n) is 1.95. The predicted molar refractivity (Wildman–Crippen MR) is 58.7 cm³/mol. The molecule has 0 aromatic heterocycles. The highest BCUT2D eigenvalue weighted by molar-refractivity contribution is 5.85. The normalized spacial score (nSPS) is 21.4. The van der Waals surface area contributed by atoms with Crippen LogP contribution in [0, 0.1) is 6.92 Å². The zero-order chi connectivity index (χ0) is 11.2. The van der Waals surface area contributed by atoms with Crippen molar-refractivity contribution in [2.75, 3.05) is 0 Å². The highest BCUT2D eigenvalue weighted by atomic mass is 35.5. The van der Waals surface area contributed by atoms with Gasteiger partial charge in [-0.25, -0.2) is 9.71 Å². The van der Waals surface area contributed by atoms with Gasteiger partial charge >= 0.3 is 6.05 Å². The molecule has 0 aliphatic carbocycles. The third kappa shape index (κ3) is 1.92. The van der Waals surface area contributed by atoms with Crippen molar-refractivity contribution in [1.29, 1.82) is 0 Å². The number of hydrogen-bond donors (Lipinski definition) is 1. The third-order valence-electron chi connectivity index (χ3n) is 2.81. The van der Waals surface area contributed by atoms with Gasteiger partial charge in [-0.3, -0.25) is 0 Å². The van der Waals surface area contributed by atoms with E-state index in [9.17, 15) is 13.2 Å². The molecule has 1 heterocycles. The van der Waals surface area contributed by atoms with Gasteiger partial charge in [-0.2, -0.15) is 8.78 Å². The lowest BCUT2D eigenvalue weighted by molar-refractivity contribution is -0.0505. The summed E-state index contributed by atoms with van der Waals surface area (Å²) in [5.74, 6) is 0. The molecule has 1 aliphatic rings. The molecular formula is C11H13ClF3N. The maximum Gasteiger partial charge on any atom is 0.332 e. The number of nitrogens with one attached hydrogen (secondary N) is 1. The SMILES string of the molecule is CCc1cc2c(cc1C)C(F)(F)NC2F.Cl. The average molecular weight is 252 g/mol. The molecule has 1 nitrogen and oxygen atoms in total. The standard InChI is InChI=1S/C11H12F3N.ClH/c1-3-7-5-8-9(4-6(7)2)11(13,14)15-10(8)12;/h4-5,10,15H,3H2,1-2H3;1H. The Kier molecular flexibility index (Phi) is 3.55. The van der Waals surface area contributed by atoms with Gasteiger partial charge in [-0.1, -0.05) is 13.0 Å². The molecule has 90 valence electrons. The van der Waals surface area contributed by atoms with Gasteiger partial charge in [0.05, 0.1) is 0 Å². The van der Waals surface area contributed by atoms with Crippen LogP contribution in [0.2, 0.25) is 0 Å². The zero-order valence-corrected chi connectivity index (χ0v) is 9.80. The molecule has 1 aromatic carbocycles. The van der Waals surface area contributed by atoms with E-state index < -0.39 is 12.3 Å². The van der Waals surface area contributed by atoms with Gasteiger partial charge in [0.1, 0.15) is 0 Å². The molecule has 1 atom stereocenters. The Bertz CT molecular complexity index is 406. The molecule has 0 spiro atoms. The highest BCUT2D eigenvalue weighted by Crippen LogP contribution is 2.41. The van der Waals surface area contributed by atoms with Gasteiger partial charge in [0.25, 0.3) is 0 Å². The maximum atomic E-state index is 13.3. The van der Waals surface area contributed by atoms with Crippen LogP contribution >= 0.6 is 12.4 Å². The number of rotatable bonds is 1. The smallest absolute Gasteiger partial charge is 0.225 e. The Labute approximate surface area is 98.4 Å². The van der Waals surface area contributed by atoms with E-state index in [0.717, 1.165) is 17.5 Å². The van der Waals surface area contributed by atoms with Crippen molar-refractivity contribution in [1.82, 2.24) is 5.32 Å². The Balaban J connectivity index is 0.00000128. The van der Waals surface area contributed by atoms with Crippen LogP contribution < -0.4 is 5.32 Å². The van der Waals surface area contributed by atoms with E-state index in [1.54, 1.807) is 12.2 Å². The monoisotopic (exact) mass is 251 g/mol. The topological polar surface area (TPSA) is 12.0 Å². The van der Waals surface area contributed by atoms with Crippen LogP contribution in [0.1, 0.15) is 35.5 Å². The van der Waals surface area contributed by atoms with Gasteiger partial charge in [-0.15, -0.1) is 12.4 Å². The van der Waals surface area contributed by atoms with E-state index in [4.69, 9.17) is 0 Å². The second-order valence-corrected chi connectivity index (χ2v) is 3.80. The van der Waals surface area contributed by atoms with Crippen molar-refractivity contribution in [2.45, 2.75) is 32.6 Å². The van der Waals surface area contributed by atoms with Gasteiger partial charge in [0, 0.05) is 11.1 Å². The first-order chi connectivity index (χ1) is 6.95. The maximum absolute atomic E-state index is 13.3. The van der Waals surface area contributed by atoms with Crippen LogP contribution in [0.4, 0.5) is 13.2 Å². The minimum absolute atomic E-state index is 0. The predicted octanol–water partition coefficient (Wildman–Crippen LogP) is 3.60. The summed E-state index contributed by atoms with van der Waals surface area (Å²) in [6.07, 6.45) is -1.04. The van der Waals surface area contributed by atoms with E-state index in [1.807, 2.05) is 6.92 Å². The molecule has 1 aliphatic heterocycles. The first kappa shape index (κ1) is 13.3. The average Bonchev–Trinajstić information content (AvgIpc) is 2.36. The molecule has 16 heavy (non-hydrogen) atoms. The molecule has 0 saturated heterocycles. The Morgan fingerprint density at radius 2 is 2.00 bits per heavy atom. The van der Waals surface area contributed by atoms with Crippen LogP contribution in [-0.2, 0) is 12.5 Å². The lowest BCUT2D eigenvalue weighted by Gasteiger charge is -2.11. The summed E-state index contributed by atoms with van der Waals surface area (Å²) in [5, 5.41) is 1.64. The van der Waals surface area contributed by atoms with E-state index in [-0.39, 0.29) is 23.5 Å². The van der Waals surface area contributed by atoms with Crippen LogP contribution in [0.25, 0.3) is 0 Å². The second kappa shape index (κ2) is 4.26. The molecule has 0 amide bonds. The molecule has 1 aromatic rings. The molecule has 5 heteroatoms. The summed E-state index contributed by atoms with van der Waals surface area (Å²) in [6.45, 7) is 3.68. The molecule has 2 rings (SSSR count). The molecule has 0 fully saturated rings. The molecule has 0 radical (unpaired) electrons. The quantitative estimate of drug-likeness (QED) is 0.752. The van der Waals surface area contributed by atoms with E-state index in [1.165, 1.54) is 12.1 Å². The number of fused-ring (bicyclic) bond motifs is 1. The van der Waals surface area contributed by atoms with Crippen LogP contribution in [0.3, 0.4) is 0 Å². The molecular weight excluding hydrogens is 239 g/mol. The number of hydrogen-bond acceptors (Lipinski definition) is 1. The largest absolute Gasteiger partial charge is 0.332 e. The zero-order valence-electron chi connectivity index (χ0n) is 8.98. The van der Waals surface area contributed by atoms with E-state index >= 15 is 0 Å². The van der Waals surface area contributed by atoms with Crippen molar-refractivity contribution >= 4 is 12.4 Å². The van der Waals surface area contributed by atoms with Crippen molar-refractivity contribution in [3.8, 4) is 0 Å². The van der Waals surface area contributed by atoms with Crippen molar-refractivity contribution in [3.05, 3.63) is 34.4 Å². The molecule has 1 unspecified atom stereocenters. The summed E-state index contributed by atoms with van der Waals surface area (Å²) in [6, 6.07) is -0.338. The fraction of sp³-hybridized carbons (Fsp3) is 0.455. The summed E-state index contributed by atoms with van der Waals surface area (Å²) >= 11 is 0. The fourth-order valence-corrected chi connectivity index (χ4v) is 1.95. The van der Waals surface area contributed by atoms with Gasteiger partial charge < -0.3 is 0 Å². The van der Waals surface area contributed by atoms with E-state index in [2.05, 4.69) is 0 Å². The van der Waals surface area contributed by atoms with Crippen LogP contribution in [0.5, 0.6) is 0 Å². The Morgan fingerprint density at radius 1 is 1.38 bits per heavy atom. The van der Waals surface area contributed by atoms with Gasteiger partial charge in [0.2, 0.25) is 0 Å². The Morgan fingerprint density at radius 3 is 2.56 bits per heavy atom. The first-order valence-corrected chi connectivity index (χ1v) is 4.89. The van der Waals surface area contributed by atoms with Crippen LogP contribution in [0.15, 0.2) is 12.1 Å². The summed E-state index contributed by atoms with van der Waals surface area (Å²) < 4.78 is 39.8. The third-order valence-corrected chi connectivity index (χ3v) is 2.81. The highest BCUT2D eigenvalue weighted by Gasteiger charge is 2.44. The van der Waals surface area contributed by atoms with Crippen molar-refractivity contribution in [3.63, 3.8) is 0 Å². The number of alkyl halides is 3. The lowest BCUT2D eigenvalue weighted by atomic mass is 9.98. The minimum atomic E-state index is -3.24.